The Balaban J connectivity index is 3.27. The summed E-state index contributed by atoms with van der Waals surface area (Å²) in [6.45, 7) is 3.33. The fourth-order valence-electron chi connectivity index (χ4n) is 0.143. The maximum atomic E-state index is 11.0. The largest absolute Gasteiger partial charge is 0.262 e. The van der Waals surface area contributed by atoms with Gasteiger partial charge in [0.1, 0.15) is 6.33 Å². The van der Waals surface area contributed by atoms with E-state index in [0.717, 1.165) is 6.20 Å². The van der Waals surface area contributed by atoms with E-state index < -0.39 is 0 Å². The van der Waals surface area contributed by atoms with Crippen molar-refractivity contribution in [2.24, 2.45) is 4.99 Å². The van der Waals surface area contributed by atoms with Crippen molar-refractivity contribution in [3.05, 3.63) is 25.2 Å². The van der Waals surface area contributed by atoms with Gasteiger partial charge < -0.3 is 0 Å². The molecule has 0 rings (SSSR count). The second-order valence-electron chi connectivity index (χ2n) is 0.809. The van der Waals surface area contributed by atoms with E-state index in [1.54, 1.807) is 0 Å². The smallest absolute Gasteiger partial charge is 0.105 e. The van der Waals surface area contributed by atoms with Gasteiger partial charge in [0, 0.05) is 6.21 Å². The first kappa shape index (κ1) is 6.08. The molecule has 0 saturated carbocycles. The van der Waals surface area contributed by atoms with Crippen molar-refractivity contribution in [3.63, 3.8) is 0 Å². The SMILES string of the molecule is C=CC=N/C=C/F. The van der Waals surface area contributed by atoms with E-state index in [1.165, 1.54) is 12.3 Å². The number of hydrogen-bond donors (Lipinski definition) is 0. The Hall–Kier alpha value is -0.920. The Morgan fingerprint density at radius 1 is 1.57 bits per heavy atom. The predicted octanol–water partition coefficient (Wildman–Crippen LogP) is 1.68. The number of halogens is 1. The molecule has 0 aromatic carbocycles. The molecule has 0 heterocycles. The molecule has 0 bridgehead atoms. The number of hydrogen-bond acceptors (Lipinski definition) is 1. The zero-order chi connectivity index (χ0) is 5.54. The standard InChI is InChI=1S/C5H6FN/c1-2-4-7-5-3-6/h2-5H,1H2/b5-3+,7-4?. The van der Waals surface area contributed by atoms with Crippen molar-refractivity contribution < 1.29 is 4.39 Å². The van der Waals surface area contributed by atoms with Crippen LogP contribution >= 0.6 is 0 Å². The van der Waals surface area contributed by atoms with Crippen LogP contribution in [0.1, 0.15) is 0 Å². The van der Waals surface area contributed by atoms with E-state index in [4.69, 9.17) is 0 Å². The maximum Gasteiger partial charge on any atom is 0.105 e. The van der Waals surface area contributed by atoms with Crippen LogP contribution in [0.15, 0.2) is 30.2 Å². The number of allylic oxidation sites excluding steroid dienone is 1. The van der Waals surface area contributed by atoms with E-state index in [0.29, 0.717) is 6.33 Å². The number of nitrogens with zero attached hydrogens (tertiary/aromatic N) is 1. The quantitative estimate of drug-likeness (QED) is 0.467. The summed E-state index contributed by atoms with van der Waals surface area (Å²) in [6, 6.07) is 0. The van der Waals surface area contributed by atoms with Crippen LogP contribution in [-0.4, -0.2) is 6.21 Å². The number of aliphatic imine (C=N–C) groups is 1. The van der Waals surface area contributed by atoms with Gasteiger partial charge in [0.05, 0.1) is 6.20 Å². The fourth-order valence-corrected chi connectivity index (χ4v) is 0.143. The first-order valence-electron chi connectivity index (χ1n) is 1.81. The lowest BCUT2D eigenvalue weighted by atomic mass is 10.7. The maximum absolute atomic E-state index is 11.0. The minimum Gasteiger partial charge on any atom is -0.262 e. The van der Waals surface area contributed by atoms with Gasteiger partial charge in [-0.05, 0) is 0 Å². The molecule has 0 aliphatic carbocycles. The molecule has 0 N–H and O–H groups in total. The normalized spacial score (nSPS) is 11.0. The molecule has 7 heavy (non-hydrogen) atoms. The Morgan fingerprint density at radius 2 is 2.29 bits per heavy atom. The molecule has 0 aliphatic heterocycles. The minimum absolute atomic E-state index is 0.361. The average molecular weight is 99.1 g/mol. The van der Waals surface area contributed by atoms with E-state index in [-0.39, 0.29) is 0 Å². The second kappa shape index (κ2) is 5.08. The van der Waals surface area contributed by atoms with Gasteiger partial charge in [0.25, 0.3) is 0 Å². The van der Waals surface area contributed by atoms with Crippen LogP contribution in [0.3, 0.4) is 0 Å². The van der Waals surface area contributed by atoms with Crippen molar-refractivity contribution >= 4 is 6.21 Å². The lowest BCUT2D eigenvalue weighted by Gasteiger charge is -1.64. The third kappa shape index (κ3) is 5.08. The summed E-state index contributed by atoms with van der Waals surface area (Å²) in [5, 5.41) is 0. The summed E-state index contributed by atoms with van der Waals surface area (Å²) in [5.41, 5.74) is 0. The second-order valence-corrected chi connectivity index (χ2v) is 0.809. The zero-order valence-corrected chi connectivity index (χ0v) is 3.84. The predicted molar refractivity (Wildman–Crippen MR) is 28.9 cm³/mol. The Labute approximate surface area is 41.9 Å². The highest BCUT2D eigenvalue weighted by molar-refractivity contribution is 5.70. The Kier molecular flexibility index (Phi) is 4.41. The lowest BCUT2D eigenvalue weighted by molar-refractivity contribution is 0.718. The summed E-state index contributed by atoms with van der Waals surface area (Å²) in [5.74, 6) is 0. The highest BCUT2D eigenvalue weighted by atomic mass is 19.1. The first-order chi connectivity index (χ1) is 3.41. The van der Waals surface area contributed by atoms with Crippen molar-refractivity contribution in [1.82, 2.24) is 0 Å². The molecule has 0 aliphatic rings. The van der Waals surface area contributed by atoms with Crippen molar-refractivity contribution in [3.8, 4) is 0 Å². The first-order valence-corrected chi connectivity index (χ1v) is 1.81. The summed E-state index contributed by atoms with van der Waals surface area (Å²) in [6.07, 6.45) is 4.28. The topological polar surface area (TPSA) is 12.4 Å². The van der Waals surface area contributed by atoms with Gasteiger partial charge in [-0.15, -0.1) is 0 Å². The monoisotopic (exact) mass is 99.0 g/mol. The van der Waals surface area contributed by atoms with Gasteiger partial charge in [-0.1, -0.05) is 12.7 Å². The molecule has 0 radical (unpaired) electrons. The Bertz CT molecular complexity index is 94.3. The van der Waals surface area contributed by atoms with Gasteiger partial charge in [-0.3, -0.25) is 4.99 Å². The van der Waals surface area contributed by atoms with E-state index in [1.807, 2.05) is 0 Å². The van der Waals surface area contributed by atoms with Crippen molar-refractivity contribution in [2.45, 2.75) is 0 Å². The summed E-state index contributed by atoms with van der Waals surface area (Å²) in [7, 11) is 0. The Morgan fingerprint density at radius 3 is 2.71 bits per heavy atom. The summed E-state index contributed by atoms with van der Waals surface area (Å²) < 4.78 is 11.0. The molecule has 0 fully saturated rings. The van der Waals surface area contributed by atoms with E-state index >= 15 is 0 Å². The van der Waals surface area contributed by atoms with Crippen LogP contribution in [0.25, 0.3) is 0 Å². The molecule has 0 amide bonds. The van der Waals surface area contributed by atoms with Crippen LogP contribution in [0.4, 0.5) is 4.39 Å². The fraction of sp³-hybridized carbons (Fsp3) is 0. The van der Waals surface area contributed by atoms with Gasteiger partial charge in [-0.2, -0.15) is 0 Å². The molecule has 0 aromatic heterocycles. The lowest BCUT2D eigenvalue weighted by Crippen LogP contribution is -1.53. The zero-order valence-electron chi connectivity index (χ0n) is 3.84. The highest BCUT2D eigenvalue weighted by Crippen LogP contribution is 1.71. The third-order valence-corrected chi connectivity index (χ3v) is 0.334. The summed E-state index contributed by atoms with van der Waals surface area (Å²) >= 11 is 0. The summed E-state index contributed by atoms with van der Waals surface area (Å²) in [4.78, 5) is 3.41. The molecule has 0 aromatic rings. The van der Waals surface area contributed by atoms with Crippen molar-refractivity contribution in [1.29, 1.82) is 0 Å². The number of rotatable bonds is 2. The van der Waals surface area contributed by atoms with Crippen molar-refractivity contribution in [2.75, 3.05) is 0 Å². The molecular formula is C5H6FN. The van der Waals surface area contributed by atoms with Crippen LogP contribution in [0, 0.1) is 0 Å². The molecular weight excluding hydrogens is 93.1 g/mol. The molecule has 0 atom stereocenters. The van der Waals surface area contributed by atoms with Crippen LogP contribution < -0.4 is 0 Å². The van der Waals surface area contributed by atoms with Crippen LogP contribution in [-0.2, 0) is 0 Å². The van der Waals surface area contributed by atoms with Gasteiger partial charge in [0.2, 0.25) is 0 Å². The highest BCUT2D eigenvalue weighted by Gasteiger charge is 1.54. The minimum atomic E-state index is 0.361. The molecule has 38 valence electrons. The van der Waals surface area contributed by atoms with Crippen LogP contribution in [0.2, 0.25) is 0 Å². The van der Waals surface area contributed by atoms with E-state index in [9.17, 15) is 4.39 Å². The molecule has 0 unspecified atom stereocenters. The molecule has 1 nitrogen and oxygen atoms in total. The van der Waals surface area contributed by atoms with E-state index in [2.05, 4.69) is 11.6 Å². The van der Waals surface area contributed by atoms with Gasteiger partial charge in [-0.25, -0.2) is 4.39 Å². The molecule has 2 heteroatoms. The molecule has 0 spiro atoms. The van der Waals surface area contributed by atoms with Crippen LogP contribution in [0.5, 0.6) is 0 Å². The molecule has 0 saturated heterocycles. The third-order valence-electron chi connectivity index (χ3n) is 0.334. The average Bonchev–Trinajstić information content (AvgIpc) is 1.69. The van der Waals surface area contributed by atoms with Gasteiger partial charge in [0.15, 0.2) is 0 Å². The van der Waals surface area contributed by atoms with Gasteiger partial charge >= 0.3 is 0 Å².